The zero-order valence-corrected chi connectivity index (χ0v) is 24.9. The summed E-state index contributed by atoms with van der Waals surface area (Å²) in [7, 11) is 0. The van der Waals surface area contributed by atoms with Gasteiger partial charge in [0.2, 0.25) is 0 Å². The van der Waals surface area contributed by atoms with Gasteiger partial charge in [0.15, 0.2) is 17.6 Å². The predicted molar refractivity (Wildman–Crippen MR) is 161 cm³/mol. The zero-order chi connectivity index (χ0) is 30.2. The smallest absolute Gasteiger partial charge is 0.341 e. The van der Waals surface area contributed by atoms with E-state index in [1.54, 1.807) is 50.2 Å². The van der Waals surface area contributed by atoms with Crippen LogP contribution in [-0.2, 0) is 22.4 Å². The molecule has 1 heterocycles. The molecule has 1 aromatic heterocycles. The molecule has 11 heteroatoms. The lowest BCUT2D eigenvalue weighted by atomic mass is 9.88. The Labute approximate surface area is 248 Å². The molecule has 222 valence electrons. The van der Waals surface area contributed by atoms with Crippen molar-refractivity contribution in [2.45, 2.75) is 53.1 Å². The van der Waals surface area contributed by atoms with Gasteiger partial charge in [-0.1, -0.05) is 6.92 Å². The summed E-state index contributed by atoms with van der Waals surface area (Å²) in [5, 5.41) is 17.2. The lowest BCUT2D eigenvalue weighted by molar-refractivity contribution is -0.127. The summed E-state index contributed by atoms with van der Waals surface area (Å²) in [5.74, 6) is 0.00565. The Balaban J connectivity index is 1.36. The van der Waals surface area contributed by atoms with Crippen LogP contribution in [-0.4, -0.2) is 48.4 Å². The number of thiophene rings is 1. The average molecular weight is 594 g/mol. The first-order chi connectivity index (χ1) is 20.2. The normalized spacial score (nSPS) is 15.0. The number of anilines is 1. The van der Waals surface area contributed by atoms with Crippen molar-refractivity contribution in [1.29, 1.82) is 0 Å². The monoisotopic (exact) mass is 593 g/mol. The van der Waals surface area contributed by atoms with Crippen molar-refractivity contribution >= 4 is 40.3 Å². The average Bonchev–Trinajstić information content (AvgIpc) is 3.32. The molecule has 10 nitrogen and oxygen atoms in total. The van der Waals surface area contributed by atoms with Crippen molar-refractivity contribution in [3.05, 3.63) is 69.6 Å². The highest BCUT2D eigenvalue weighted by molar-refractivity contribution is 7.17. The van der Waals surface area contributed by atoms with Gasteiger partial charge in [0.05, 0.1) is 25.0 Å². The van der Waals surface area contributed by atoms with E-state index in [2.05, 4.69) is 22.8 Å². The van der Waals surface area contributed by atoms with Crippen molar-refractivity contribution in [2.75, 3.05) is 18.5 Å². The molecule has 0 aliphatic heterocycles. The summed E-state index contributed by atoms with van der Waals surface area (Å²) in [6.07, 6.45) is 3.20. The van der Waals surface area contributed by atoms with E-state index in [4.69, 9.17) is 14.2 Å². The SMILES string of the molecule is CCOC(=O)c1c(NC(=O)c2ccc(O[C@H](C)C(=O)N/N=C/c3ccc(O)c(OCC)c3)cc2)sc2c1CC[C@H](C)C2. The van der Waals surface area contributed by atoms with E-state index in [0.717, 1.165) is 29.7 Å². The van der Waals surface area contributed by atoms with E-state index in [9.17, 15) is 19.5 Å². The Hall–Kier alpha value is -4.38. The van der Waals surface area contributed by atoms with Crippen LogP contribution in [0.3, 0.4) is 0 Å². The van der Waals surface area contributed by atoms with Crippen molar-refractivity contribution in [2.24, 2.45) is 11.0 Å². The molecule has 1 aliphatic rings. The number of hydrazone groups is 1. The minimum atomic E-state index is -0.868. The summed E-state index contributed by atoms with van der Waals surface area (Å²) < 4.78 is 16.3. The molecule has 0 radical (unpaired) electrons. The fourth-order valence-corrected chi connectivity index (χ4v) is 5.91. The summed E-state index contributed by atoms with van der Waals surface area (Å²) >= 11 is 1.44. The molecule has 42 heavy (non-hydrogen) atoms. The number of benzene rings is 2. The fourth-order valence-electron chi connectivity index (χ4n) is 4.52. The van der Waals surface area contributed by atoms with Gasteiger partial charge in [0.25, 0.3) is 11.8 Å². The van der Waals surface area contributed by atoms with Gasteiger partial charge in [-0.05, 0) is 99.5 Å². The number of phenolic OH excluding ortho intramolecular Hbond substituents is 1. The first-order valence-electron chi connectivity index (χ1n) is 13.9. The Morgan fingerprint density at radius 1 is 1.14 bits per heavy atom. The Kier molecular flexibility index (Phi) is 10.2. The minimum Gasteiger partial charge on any atom is -0.504 e. The zero-order valence-electron chi connectivity index (χ0n) is 24.1. The number of nitrogens with zero attached hydrogens (tertiary/aromatic N) is 1. The van der Waals surface area contributed by atoms with Crippen LogP contribution in [0.2, 0.25) is 0 Å². The van der Waals surface area contributed by atoms with Crippen LogP contribution in [0.1, 0.15) is 70.8 Å². The number of carbonyl (C=O) groups is 3. The molecule has 3 N–H and O–H groups in total. The Morgan fingerprint density at radius 2 is 1.90 bits per heavy atom. The Morgan fingerprint density at radius 3 is 2.62 bits per heavy atom. The highest BCUT2D eigenvalue weighted by Crippen LogP contribution is 2.40. The van der Waals surface area contributed by atoms with Crippen molar-refractivity contribution in [3.63, 3.8) is 0 Å². The van der Waals surface area contributed by atoms with Crippen molar-refractivity contribution < 1.29 is 33.7 Å². The Bertz CT molecular complexity index is 1470. The van der Waals surface area contributed by atoms with Crippen LogP contribution in [0, 0.1) is 5.92 Å². The summed E-state index contributed by atoms with van der Waals surface area (Å²) in [6, 6.07) is 11.1. The largest absolute Gasteiger partial charge is 0.504 e. The standard InChI is InChI=1S/C31H35N3O7S/c1-5-39-25-16-20(8-14-24(25)35)17-32-34-28(36)19(4)41-22-11-9-21(10-12-22)29(37)33-30-27(31(38)40-6-2)23-13-7-18(3)15-26(23)42-30/h8-12,14,16-19,35H,5-7,13,15H2,1-4H3,(H,33,37)(H,34,36)/b32-17+/t18-,19+/m0/s1. The highest BCUT2D eigenvalue weighted by atomic mass is 32.1. The number of aromatic hydroxyl groups is 1. The van der Waals surface area contributed by atoms with Crippen LogP contribution < -0.4 is 20.2 Å². The van der Waals surface area contributed by atoms with Crippen LogP contribution in [0.25, 0.3) is 0 Å². The second-order valence-corrected chi connectivity index (χ2v) is 11.0. The topological polar surface area (TPSA) is 136 Å². The maximum atomic E-state index is 13.1. The second kappa shape index (κ2) is 14.0. The fraction of sp³-hybridized carbons (Fsp3) is 0.355. The minimum absolute atomic E-state index is 0.0184. The lowest BCUT2D eigenvalue weighted by Gasteiger charge is -2.18. The first-order valence-corrected chi connectivity index (χ1v) is 14.7. The molecule has 2 atom stereocenters. The molecule has 0 saturated heterocycles. The lowest BCUT2D eigenvalue weighted by Crippen LogP contribution is -2.33. The van der Waals surface area contributed by atoms with E-state index >= 15 is 0 Å². The molecule has 0 saturated carbocycles. The van der Waals surface area contributed by atoms with Gasteiger partial charge >= 0.3 is 5.97 Å². The summed E-state index contributed by atoms with van der Waals surface area (Å²) in [6.45, 7) is 7.99. The van der Waals surface area contributed by atoms with Gasteiger partial charge in [-0.3, -0.25) is 9.59 Å². The van der Waals surface area contributed by atoms with Crippen LogP contribution in [0.5, 0.6) is 17.2 Å². The van der Waals surface area contributed by atoms with Gasteiger partial charge in [0, 0.05) is 10.4 Å². The van der Waals surface area contributed by atoms with Gasteiger partial charge in [0.1, 0.15) is 10.8 Å². The molecule has 4 rings (SSSR count). The van der Waals surface area contributed by atoms with Gasteiger partial charge in [-0.2, -0.15) is 5.10 Å². The molecule has 0 spiro atoms. The number of hydrogen-bond acceptors (Lipinski definition) is 9. The number of nitrogens with one attached hydrogen (secondary N) is 2. The van der Waals surface area contributed by atoms with E-state index in [1.165, 1.54) is 23.6 Å². The first kappa shape index (κ1) is 30.6. The number of hydrogen-bond donors (Lipinski definition) is 3. The van der Waals surface area contributed by atoms with E-state index in [0.29, 0.717) is 45.7 Å². The predicted octanol–water partition coefficient (Wildman–Crippen LogP) is 5.32. The number of fused-ring (bicyclic) bond motifs is 1. The van der Waals surface area contributed by atoms with Gasteiger partial charge in [-0.25, -0.2) is 10.2 Å². The quantitative estimate of drug-likeness (QED) is 0.155. The molecule has 1 aliphatic carbocycles. The maximum Gasteiger partial charge on any atom is 0.341 e. The van der Waals surface area contributed by atoms with Crippen molar-refractivity contribution in [1.82, 2.24) is 5.43 Å². The number of phenols is 1. The molecule has 0 unspecified atom stereocenters. The van der Waals surface area contributed by atoms with Crippen LogP contribution in [0.15, 0.2) is 47.6 Å². The van der Waals surface area contributed by atoms with E-state index in [-0.39, 0.29) is 18.3 Å². The molecule has 3 aromatic rings. The van der Waals surface area contributed by atoms with E-state index < -0.39 is 18.0 Å². The number of ether oxygens (including phenoxy) is 3. The number of rotatable bonds is 11. The molecular weight excluding hydrogens is 558 g/mol. The number of esters is 1. The number of carbonyl (C=O) groups excluding carboxylic acids is 3. The third-order valence-electron chi connectivity index (χ3n) is 6.69. The third-order valence-corrected chi connectivity index (χ3v) is 7.86. The number of amides is 2. The molecule has 2 amide bonds. The third kappa shape index (κ3) is 7.47. The molecule has 2 aromatic carbocycles. The molecule has 0 fully saturated rings. The van der Waals surface area contributed by atoms with Crippen LogP contribution >= 0.6 is 11.3 Å². The van der Waals surface area contributed by atoms with E-state index in [1.807, 2.05) is 6.92 Å². The second-order valence-electron chi connectivity index (χ2n) is 9.91. The van der Waals surface area contributed by atoms with Crippen LogP contribution in [0.4, 0.5) is 5.00 Å². The van der Waals surface area contributed by atoms with Gasteiger partial charge in [-0.15, -0.1) is 11.3 Å². The molecule has 0 bridgehead atoms. The summed E-state index contributed by atoms with van der Waals surface area (Å²) in [4.78, 5) is 39.4. The summed E-state index contributed by atoms with van der Waals surface area (Å²) in [5.41, 5.74) is 4.86. The van der Waals surface area contributed by atoms with Gasteiger partial charge < -0.3 is 24.6 Å². The maximum absolute atomic E-state index is 13.1. The highest BCUT2D eigenvalue weighted by Gasteiger charge is 2.29. The molecular formula is C31H35N3O7S. The van der Waals surface area contributed by atoms with Crippen molar-refractivity contribution in [3.8, 4) is 17.2 Å².